The second-order valence-corrected chi connectivity index (χ2v) is 1.11. The predicted molar refractivity (Wildman–Crippen MR) is 25.0 cm³/mol. The van der Waals surface area contributed by atoms with Crippen molar-refractivity contribution >= 4 is 0 Å². The van der Waals surface area contributed by atoms with E-state index in [1.807, 2.05) is 18.4 Å². The minimum atomic E-state index is 0.858. The number of hydrogen-bond donors (Lipinski definition) is 1. The van der Waals surface area contributed by atoms with Gasteiger partial charge in [0, 0.05) is 0 Å². The van der Waals surface area contributed by atoms with Crippen LogP contribution in [0.15, 0.2) is 18.4 Å². The molecule has 1 rings (SSSR count). The van der Waals surface area contributed by atoms with Gasteiger partial charge in [0.1, 0.15) is 0 Å². The molecular weight excluding hydrogens is 74.1 g/mol. The smallest absolute Gasteiger partial charge is 0.158 e. The van der Waals surface area contributed by atoms with Crippen molar-refractivity contribution in [2.24, 2.45) is 0 Å². The van der Waals surface area contributed by atoms with E-state index in [9.17, 15) is 0 Å². The molecule has 0 aromatic heterocycles. The SMILES string of the molecule is [C+]1=CC=CNC1. The highest BCUT2D eigenvalue weighted by molar-refractivity contribution is 5.02. The molecule has 1 N–H and O–H groups in total. The summed E-state index contributed by atoms with van der Waals surface area (Å²) in [5, 5.41) is 2.96. The fraction of sp³-hybridized carbons (Fsp3) is 0.200. The summed E-state index contributed by atoms with van der Waals surface area (Å²) >= 11 is 0. The zero-order chi connectivity index (χ0) is 4.24. The van der Waals surface area contributed by atoms with Crippen molar-refractivity contribution in [3.05, 3.63) is 24.4 Å². The molecule has 0 aliphatic carbocycles. The fourth-order valence-corrected chi connectivity index (χ4v) is 0.361. The molecule has 1 heteroatoms. The van der Waals surface area contributed by atoms with Crippen LogP contribution in [0.4, 0.5) is 0 Å². The van der Waals surface area contributed by atoms with Gasteiger partial charge in [-0.1, -0.05) is 0 Å². The first-order valence-electron chi connectivity index (χ1n) is 1.95. The second-order valence-electron chi connectivity index (χ2n) is 1.11. The Morgan fingerprint density at radius 2 is 2.67 bits per heavy atom. The molecule has 0 saturated carbocycles. The van der Waals surface area contributed by atoms with Crippen molar-refractivity contribution in [1.82, 2.24) is 5.32 Å². The van der Waals surface area contributed by atoms with Gasteiger partial charge in [-0.3, -0.25) is 0 Å². The lowest BCUT2D eigenvalue weighted by molar-refractivity contribution is 0.954. The largest absolute Gasteiger partial charge is 0.347 e. The predicted octanol–water partition coefficient (Wildman–Crippen LogP) is 0.463. The molecule has 30 valence electrons. The first-order valence-corrected chi connectivity index (χ1v) is 1.95. The van der Waals surface area contributed by atoms with Gasteiger partial charge in [-0.25, -0.2) is 0 Å². The first kappa shape index (κ1) is 3.38. The van der Waals surface area contributed by atoms with E-state index >= 15 is 0 Å². The molecule has 0 aromatic rings. The maximum absolute atomic E-state index is 2.96. The molecule has 6 heavy (non-hydrogen) atoms. The highest BCUT2D eigenvalue weighted by Crippen LogP contribution is 1.77. The minimum Gasteiger partial charge on any atom is -0.347 e. The molecule has 0 aromatic carbocycles. The first-order chi connectivity index (χ1) is 3.00. The van der Waals surface area contributed by atoms with Crippen LogP contribution in [0.5, 0.6) is 0 Å². The Morgan fingerprint density at radius 3 is 2.83 bits per heavy atom. The van der Waals surface area contributed by atoms with Crippen LogP contribution in [0.3, 0.4) is 0 Å². The van der Waals surface area contributed by atoms with Crippen LogP contribution >= 0.6 is 0 Å². The Hall–Kier alpha value is -0.810. The Balaban J connectivity index is 2.46. The van der Waals surface area contributed by atoms with Crippen molar-refractivity contribution in [2.45, 2.75) is 0 Å². The third-order valence-corrected chi connectivity index (χ3v) is 0.632. The third-order valence-electron chi connectivity index (χ3n) is 0.632. The lowest BCUT2D eigenvalue weighted by Crippen LogP contribution is -2.05. The van der Waals surface area contributed by atoms with Crippen molar-refractivity contribution in [1.29, 1.82) is 0 Å². The number of hydrogen-bond acceptors (Lipinski definition) is 1. The maximum Gasteiger partial charge on any atom is 0.158 e. The number of rotatable bonds is 0. The maximum atomic E-state index is 2.96. The molecule has 0 fully saturated rings. The second kappa shape index (κ2) is 1.58. The summed E-state index contributed by atoms with van der Waals surface area (Å²) in [4.78, 5) is 0. The summed E-state index contributed by atoms with van der Waals surface area (Å²) in [7, 11) is 0. The van der Waals surface area contributed by atoms with Gasteiger partial charge >= 0.3 is 0 Å². The van der Waals surface area contributed by atoms with Gasteiger partial charge in [-0.15, -0.1) is 0 Å². The standard InChI is InChI=1S/C5H6N/c1-2-4-6-5-3-1/h1-2,4,6H,5H2/q+1. The highest BCUT2D eigenvalue weighted by Gasteiger charge is 1.86. The molecule has 1 heterocycles. The molecule has 0 bridgehead atoms. The molecule has 0 atom stereocenters. The summed E-state index contributed by atoms with van der Waals surface area (Å²) in [6.45, 7) is 0.858. The average Bonchev–Trinajstić information content (AvgIpc) is 1.72. The van der Waals surface area contributed by atoms with Crippen LogP contribution in [0.25, 0.3) is 0 Å². The molecule has 1 aliphatic rings. The van der Waals surface area contributed by atoms with Gasteiger partial charge in [0.15, 0.2) is 12.6 Å². The van der Waals surface area contributed by atoms with Gasteiger partial charge in [-0.2, -0.15) is 0 Å². The van der Waals surface area contributed by atoms with Gasteiger partial charge in [0.05, 0.1) is 18.4 Å². The lowest BCUT2D eigenvalue weighted by atomic mass is 10.4. The Bertz CT molecular complexity index is 69.9. The van der Waals surface area contributed by atoms with E-state index in [2.05, 4.69) is 11.4 Å². The van der Waals surface area contributed by atoms with Gasteiger partial charge in [-0.05, 0) is 0 Å². The van der Waals surface area contributed by atoms with E-state index in [0.29, 0.717) is 0 Å². The molecule has 0 unspecified atom stereocenters. The number of allylic oxidation sites excluding steroid dienone is 2. The average molecular weight is 80.1 g/mol. The fourth-order valence-electron chi connectivity index (χ4n) is 0.361. The molecule has 1 nitrogen and oxygen atoms in total. The van der Waals surface area contributed by atoms with Crippen LogP contribution in [-0.2, 0) is 0 Å². The molecule has 0 amide bonds. The molecule has 0 spiro atoms. The zero-order valence-electron chi connectivity index (χ0n) is 3.44. The van der Waals surface area contributed by atoms with Crippen LogP contribution < -0.4 is 5.32 Å². The van der Waals surface area contributed by atoms with Crippen LogP contribution in [0, 0.1) is 6.08 Å². The van der Waals surface area contributed by atoms with E-state index in [1.54, 1.807) is 0 Å². The zero-order valence-corrected chi connectivity index (χ0v) is 3.44. The third kappa shape index (κ3) is 0.568. The van der Waals surface area contributed by atoms with Gasteiger partial charge < -0.3 is 5.32 Å². The van der Waals surface area contributed by atoms with Crippen LogP contribution in [-0.4, -0.2) is 6.54 Å². The summed E-state index contributed by atoms with van der Waals surface area (Å²) in [6, 6.07) is 0. The van der Waals surface area contributed by atoms with Gasteiger partial charge in [0.25, 0.3) is 0 Å². The molecular formula is C5H6N+. The van der Waals surface area contributed by atoms with Crippen molar-refractivity contribution in [3.63, 3.8) is 0 Å². The lowest BCUT2D eigenvalue weighted by Gasteiger charge is -1.84. The normalized spacial score (nSPS) is 16.0. The van der Waals surface area contributed by atoms with E-state index in [-0.39, 0.29) is 0 Å². The van der Waals surface area contributed by atoms with Crippen molar-refractivity contribution in [3.8, 4) is 0 Å². The highest BCUT2D eigenvalue weighted by atomic mass is 14.8. The number of nitrogens with one attached hydrogen (secondary N) is 1. The molecule has 0 radical (unpaired) electrons. The molecule has 0 saturated heterocycles. The van der Waals surface area contributed by atoms with Gasteiger partial charge in [0.2, 0.25) is 0 Å². The monoisotopic (exact) mass is 80.0 g/mol. The van der Waals surface area contributed by atoms with E-state index in [1.165, 1.54) is 0 Å². The summed E-state index contributed by atoms with van der Waals surface area (Å²) in [5.41, 5.74) is 0. The minimum absolute atomic E-state index is 0.858. The molecule has 1 aliphatic heterocycles. The van der Waals surface area contributed by atoms with E-state index in [4.69, 9.17) is 0 Å². The van der Waals surface area contributed by atoms with Crippen LogP contribution in [0.1, 0.15) is 0 Å². The van der Waals surface area contributed by atoms with Crippen molar-refractivity contribution < 1.29 is 0 Å². The number of dihydropyridines is 1. The topological polar surface area (TPSA) is 12.0 Å². The Morgan fingerprint density at radius 1 is 1.67 bits per heavy atom. The Kier molecular flexibility index (Phi) is 0.892. The van der Waals surface area contributed by atoms with E-state index < -0.39 is 0 Å². The van der Waals surface area contributed by atoms with E-state index in [0.717, 1.165) is 6.54 Å². The summed E-state index contributed by atoms with van der Waals surface area (Å²) in [6.07, 6.45) is 8.68. The summed E-state index contributed by atoms with van der Waals surface area (Å²) in [5.74, 6) is 0. The Labute approximate surface area is 37.4 Å². The van der Waals surface area contributed by atoms with Crippen LogP contribution in [0.2, 0.25) is 0 Å². The quantitative estimate of drug-likeness (QED) is 0.417. The summed E-state index contributed by atoms with van der Waals surface area (Å²) < 4.78 is 0. The van der Waals surface area contributed by atoms with Crippen molar-refractivity contribution in [2.75, 3.05) is 6.54 Å².